The summed E-state index contributed by atoms with van der Waals surface area (Å²) in [5.74, 6) is 0.773. The first kappa shape index (κ1) is 10.5. The van der Waals surface area contributed by atoms with Crippen LogP contribution in [0.25, 0.3) is 0 Å². The highest BCUT2D eigenvalue weighted by Gasteiger charge is 2.26. The van der Waals surface area contributed by atoms with Gasteiger partial charge in [0.05, 0.1) is 0 Å². The maximum atomic E-state index is 5.74. The van der Waals surface area contributed by atoms with Gasteiger partial charge in [0.1, 0.15) is 0 Å². The van der Waals surface area contributed by atoms with Crippen LogP contribution in [0.4, 0.5) is 0 Å². The van der Waals surface area contributed by atoms with Gasteiger partial charge in [-0.2, -0.15) is 0 Å². The molecule has 1 atom stereocenters. The van der Waals surface area contributed by atoms with Gasteiger partial charge >= 0.3 is 0 Å². The minimum atomic E-state index is 0.289. The second kappa shape index (κ2) is 6.23. The SMILES string of the molecule is CC.CN/C=C\C(N)C1CC1. The molecule has 2 nitrogen and oxygen atoms in total. The molecule has 0 bridgehead atoms. The molecule has 1 aliphatic carbocycles. The van der Waals surface area contributed by atoms with Gasteiger partial charge in [-0.1, -0.05) is 19.9 Å². The second-order valence-electron chi connectivity index (χ2n) is 2.56. The average molecular weight is 156 g/mol. The van der Waals surface area contributed by atoms with Crippen LogP contribution >= 0.6 is 0 Å². The van der Waals surface area contributed by atoms with Crippen molar-refractivity contribution >= 4 is 0 Å². The van der Waals surface area contributed by atoms with Gasteiger partial charge < -0.3 is 11.1 Å². The lowest BCUT2D eigenvalue weighted by Crippen LogP contribution is -2.19. The van der Waals surface area contributed by atoms with E-state index in [0.29, 0.717) is 0 Å². The van der Waals surface area contributed by atoms with E-state index < -0.39 is 0 Å². The molecule has 1 fully saturated rings. The number of nitrogens with one attached hydrogen (secondary N) is 1. The van der Waals surface area contributed by atoms with Gasteiger partial charge in [-0.15, -0.1) is 0 Å². The molecule has 66 valence electrons. The topological polar surface area (TPSA) is 38.0 Å². The largest absolute Gasteiger partial charge is 0.394 e. The molecular weight excluding hydrogens is 136 g/mol. The third kappa shape index (κ3) is 4.85. The van der Waals surface area contributed by atoms with E-state index in [1.54, 1.807) is 0 Å². The lowest BCUT2D eigenvalue weighted by Gasteiger charge is -2.00. The lowest BCUT2D eigenvalue weighted by molar-refractivity contribution is 0.706. The number of hydrogen-bond acceptors (Lipinski definition) is 2. The van der Waals surface area contributed by atoms with Crippen LogP contribution in [0, 0.1) is 5.92 Å². The van der Waals surface area contributed by atoms with Crippen LogP contribution < -0.4 is 11.1 Å². The molecule has 3 N–H and O–H groups in total. The van der Waals surface area contributed by atoms with Crippen molar-refractivity contribution in [2.24, 2.45) is 11.7 Å². The molecule has 11 heavy (non-hydrogen) atoms. The Morgan fingerprint density at radius 3 is 2.36 bits per heavy atom. The van der Waals surface area contributed by atoms with Crippen molar-refractivity contribution in [1.29, 1.82) is 0 Å². The summed E-state index contributed by atoms with van der Waals surface area (Å²) in [5, 5.41) is 2.92. The minimum absolute atomic E-state index is 0.289. The molecule has 1 aliphatic rings. The van der Waals surface area contributed by atoms with Crippen molar-refractivity contribution < 1.29 is 0 Å². The monoisotopic (exact) mass is 156 g/mol. The fraction of sp³-hybridized carbons (Fsp3) is 0.778. The van der Waals surface area contributed by atoms with Gasteiger partial charge in [0.15, 0.2) is 0 Å². The van der Waals surface area contributed by atoms with E-state index in [2.05, 4.69) is 5.32 Å². The molecule has 0 spiro atoms. The molecule has 1 saturated carbocycles. The molecule has 2 heteroatoms. The second-order valence-corrected chi connectivity index (χ2v) is 2.56. The van der Waals surface area contributed by atoms with E-state index in [4.69, 9.17) is 5.73 Å². The van der Waals surface area contributed by atoms with E-state index in [1.165, 1.54) is 12.8 Å². The fourth-order valence-corrected chi connectivity index (χ4v) is 0.846. The molecule has 0 aromatic heterocycles. The highest BCUT2D eigenvalue weighted by Crippen LogP contribution is 2.31. The van der Waals surface area contributed by atoms with Gasteiger partial charge in [-0.3, -0.25) is 0 Å². The van der Waals surface area contributed by atoms with Gasteiger partial charge in [-0.25, -0.2) is 0 Å². The van der Waals surface area contributed by atoms with E-state index >= 15 is 0 Å². The Bertz CT molecular complexity index is 106. The first-order valence-corrected chi connectivity index (χ1v) is 4.44. The predicted molar refractivity (Wildman–Crippen MR) is 50.2 cm³/mol. The van der Waals surface area contributed by atoms with Crippen molar-refractivity contribution in [2.45, 2.75) is 32.7 Å². The van der Waals surface area contributed by atoms with Gasteiger partial charge in [-0.05, 0) is 25.0 Å². The van der Waals surface area contributed by atoms with Crippen LogP contribution in [0.1, 0.15) is 26.7 Å². The zero-order valence-corrected chi connectivity index (χ0v) is 7.80. The van der Waals surface area contributed by atoms with Crippen molar-refractivity contribution in [3.63, 3.8) is 0 Å². The number of hydrogen-bond donors (Lipinski definition) is 2. The molecule has 0 heterocycles. The van der Waals surface area contributed by atoms with E-state index in [1.807, 2.05) is 33.2 Å². The summed E-state index contributed by atoms with van der Waals surface area (Å²) in [4.78, 5) is 0. The van der Waals surface area contributed by atoms with Gasteiger partial charge in [0.25, 0.3) is 0 Å². The molecule has 1 rings (SSSR count). The Hall–Kier alpha value is -0.500. The lowest BCUT2D eigenvalue weighted by atomic mass is 10.2. The predicted octanol–water partition coefficient (Wildman–Crippen LogP) is 1.48. The quantitative estimate of drug-likeness (QED) is 0.649. The van der Waals surface area contributed by atoms with Crippen molar-refractivity contribution in [2.75, 3.05) is 7.05 Å². The highest BCUT2D eigenvalue weighted by molar-refractivity contribution is 4.98. The third-order valence-corrected chi connectivity index (χ3v) is 1.65. The van der Waals surface area contributed by atoms with Crippen LogP contribution in [0.5, 0.6) is 0 Å². The molecule has 1 unspecified atom stereocenters. The zero-order valence-electron chi connectivity index (χ0n) is 7.80. The number of rotatable bonds is 3. The van der Waals surface area contributed by atoms with Crippen LogP contribution in [0.3, 0.4) is 0 Å². The highest BCUT2D eigenvalue weighted by atomic mass is 14.8. The summed E-state index contributed by atoms with van der Waals surface area (Å²) in [7, 11) is 1.89. The Balaban J connectivity index is 0.000000461. The molecule has 0 aromatic rings. The summed E-state index contributed by atoms with van der Waals surface area (Å²) < 4.78 is 0. The number of nitrogens with two attached hydrogens (primary N) is 1. The van der Waals surface area contributed by atoms with Crippen molar-refractivity contribution in [3.8, 4) is 0 Å². The van der Waals surface area contributed by atoms with Crippen LogP contribution in [0.2, 0.25) is 0 Å². The maximum absolute atomic E-state index is 5.74. The third-order valence-electron chi connectivity index (χ3n) is 1.65. The van der Waals surface area contributed by atoms with Crippen molar-refractivity contribution in [1.82, 2.24) is 5.32 Å². The molecular formula is C9H20N2. The first-order chi connectivity index (χ1) is 5.34. The first-order valence-electron chi connectivity index (χ1n) is 4.44. The Labute approximate surface area is 69.9 Å². The normalized spacial score (nSPS) is 18.9. The Kier molecular flexibility index (Phi) is 5.94. The minimum Gasteiger partial charge on any atom is -0.394 e. The maximum Gasteiger partial charge on any atom is 0.0269 e. The zero-order chi connectivity index (χ0) is 8.69. The Morgan fingerprint density at radius 2 is 2.00 bits per heavy atom. The average Bonchev–Trinajstić information content (AvgIpc) is 2.86. The molecule has 0 aromatic carbocycles. The fourth-order valence-electron chi connectivity index (χ4n) is 0.846. The van der Waals surface area contributed by atoms with E-state index in [-0.39, 0.29) is 6.04 Å². The smallest absolute Gasteiger partial charge is 0.0269 e. The Morgan fingerprint density at radius 1 is 1.45 bits per heavy atom. The van der Waals surface area contributed by atoms with E-state index in [9.17, 15) is 0 Å². The molecule has 0 aliphatic heterocycles. The van der Waals surface area contributed by atoms with E-state index in [0.717, 1.165) is 5.92 Å². The van der Waals surface area contributed by atoms with Gasteiger partial charge in [0, 0.05) is 13.1 Å². The van der Waals surface area contributed by atoms with Gasteiger partial charge in [0.2, 0.25) is 0 Å². The summed E-state index contributed by atoms with van der Waals surface area (Å²) in [6, 6.07) is 0.289. The summed E-state index contributed by atoms with van der Waals surface area (Å²) in [6.07, 6.45) is 6.56. The molecule has 0 amide bonds. The standard InChI is InChI=1S/C7H14N2.C2H6/c1-9-5-4-7(8)6-2-3-6;1-2/h4-7,9H,2-3,8H2,1H3;1-2H3/b5-4-;. The summed E-state index contributed by atoms with van der Waals surface area (Å²) in [5.41, 5.74) is 5.74. The van der Waals surface area contributed by atoms with Crippen LogP contribution in [-0.4, -0.2) is 13.1 Å². The molecule has 0 saturated heterocycles. The summed E-state index contributed by atoms with van der Waals surface area (Å²) in [6.45, 7) is 4.00. The summed E-state index contributed by atoms with van der Waals surface area (Å²) >= 11 is 0. The van der Waals surface area contributed by atoms with Crippen LogP contribution in [-0.2, 0) is 0 Å². The van der Waals surface area contributed by atoms with Crippen LogP contribution in [0.15, 0.2) is 12.3 Å². The molecule has 0 radical (unpaired) electrons. The van der Waals surface area contributed by atoms with Crippen molar-refractivity contribution in [3.05, 3.63) is 12.3 Å².